The number of hydrogen-bond acceptors (Lipinski definition) is 2. The van der Waals surface area contributed by atoms with E-state index in [1.54, 1.807) is 6.07 Å². The molecular formula is C16H17BrFNO. The highest BCUT2D eigenvalue weighted by Crippen LogP contribution is 2.31. The van der Waals surface area contributed by atoms with Crippen molar-refractivity contribution in [2.24, 2.45) is 0 Å². The zero-order valence-electron chi connectivity index (χ0n) is 11.5. The Hall–Kier alpha value is -1.39. The third kappa shape index (κ3) is 3.81. The van der Waals surface area contributed by atoms with E-state index in [9.17, 15) is 4.39 Å². The molecule has 0 saturated heterocycles. The predicted octanol–water partition coefficient (Wildman–Crippen LogP) is 4.80. The van der Waals surface area contributed by atoms with Crippen molar-refractivity contribution >= 4 is 15.9 Å². The predicted molar refractivity (Wildman–Crippen MR) is 82.7 cm³/mol. The lowest BCUT2D eigenvalue weighted by Gasteiger charge is -2.14. The molecule has 20 heavy (non-hydrogen) atoms. The summed E-state index contributed by atoms with van der Waals surface area (Å²) in [4.78, 5) is 0. The first-order chi connectivity index (χ1) is 9.60. The van der Waals surface area contributed by atoms with Gasteiger partial charge in [0.05, 0.1) is 0 Å². The SMILES string of the molecule is CCNCc1ccc(Br)cc1Oc1cc(F)ccc1C. The number of rotatable bonds is 5. The number of ether oxygens (including phenoxy) is 1. The number of benzene rings is 2. The molecule has 0 atom stereocenters. The minimum atomic E-state index is -0.297. The van der Waals surface area contributed by atoms with Gasteiger partial charge < -0.3 is 10.1 Å². The lowest BCUT2D eigenvalue weighted by Crippen LogP contribution is -2.12. The summed E-state index contributed by atoms with van der Waals surface area (Å²) in [7, 11) is 0. The van der Waals surface area contributed by atoms with Crippen LogP contribution in [0.2, 0.25) is 0 Å². The van der Waals surface area contributed by atoms with Crippen molar-refractivity contribution in [1.82, 2.24) is 5.32 Å². The van der Waals surface area contributed by atoms with E-state index >= 15 is 0 Å². The second kappa shape index (κ2) is 6.86. The monoisotopic (exact) mass is 337 g/mol. The molecule has 2 aromatic carbocycles. The summed E-state index contributed by atoms with van der Waals surface area (Å²) >= 11 is 3.44. The van der Waals surface area contributed by atoms with Crippen LogP contribution in [0, 0.1) is 12.7 Å². The molecule has 0 aliphatic heterocycles. The second-order valence-corrected chi connectivity index (χ2v) is 5.46. The van der Waals surface area contributed by atoms with E-state index in [1.165, 1.54) is 12.1 Å². The third-order valence-corrected chi connectivity index (χ3v) is 3.46. The summed E-state index contributed by atoms with van der Waals surface area (Å²) in [6, 6.07) is 10.4. The van der Waals surface area contributed by atoms with Crippen LogP contribution >= 0.6 is 15.9 Å². The van der Waals surface area contributed by atoms with Gasteiger partial charge >= 0.3 is 0 Å². The first-order valence-corrected chi connectivity index (χ1v) is 7.32. The maximum atomic E-state index is 13.3. The molecule has 0 aromatic heterocycles. The van der Waals surface area contributed by atoms with Crippen LogP contribution in [0.4, 0.5) is 4.39 Å². The van der Waals surface area contributed by atoms with Crippen molar-refractivity contribution in [3.05, 3.63) is 57.8 Å². The molecule has 0 amide bonds. The molecule has 0 saturated carbocycles. The van der Waals surface area contributed by atoms with Gasteiger partial charge in [0.2, 0.25) is 0 Å². The van der Waals surface area contributed by atoms with Gasteiger partial charge in [-0.1, -0.05) is 35.0 Å². The molecule has 0 spiro atoms. The Labute approximate surface area is 127 Å². The van der Waals surface area contributed by atoms with Crippen molar-refractivity contribution in [3.63, 3.8) is 0 Å². The van der Waals surface area contributed by atoms with Crippen LogP contribution < -0.4 is 10.1 Å². The summed E-state index contributed by atoms with van der Waals surface area (Å²) in [6.45, 7) is 5.55. The Morgan fingerprint density at radius 3 is 2.70 bits per heavy atom. The van der Waals surface area contributed by atoms with Crippen molar-refractivity contribution in [1.29, 1.82) is 0 Å². The highest BCUT2D eigenvalue weighted by atomic mass is 79.9. The fourth-order valence-corrected chi connectivity index (χ4v) is 2.17. The average Bonchev–Trinajstić information content (AvgIpc) is 2.42. The summed E-state index contributed by atoms with van der Waals surface area (Å²) < 4.78 is 20.2. The van der Waals surface area contributed by atoms with Crippen LogP contribution in [-0.4, -0.2) is 6.54 Å². The molecular weight excluding hydrogens is 321 g/mol. The van der Waals surface area contributed by atoms with Gasteiger partial charge in [0.25, 0.3) is 0 Å². The smallest absolute Gasteiger partial charge is 0.133 e. The van der Waals surface area contributed by atoms with Crippen LogP contribution in [0.1, 0.15) is 18.1 Å². The molecule has 0 radical (unpaired) electrons. The van der Waals surface area contributed by atoms with Crippen LogP contribution in [0.25, 0.3) is 0 Å². The summed E-state index contributed by atoms with van der Waals surface area (Å²) in [5.74, 6) is 0.976. The Kier molecular flexibility index (Phi) is 5.15. The molecule has 2 nitrogen and oxygen atoms in total. The highest BCUT2D eigenvalue weighted by molar-refractivity contribution is 9.10. The third-order valence-electron chi connectivity index (χ3n) is 2.96. The maximum Gasteiger partial charge on any atom is 0.133 e. The number of aryl methyl sites for hydroxylation is 1. The van der Waals surface area contributed by atoms with Crippen molar-refractivity contribution < 1.29 is 9.13 Å². The molecule has 0 aliphatic rings. The van der Waals surface area contributed by atoms with Gasteiger partial charge in [0, 0.05) is 22.6 Å². The zero-order chi connectivity index (χ0) is 14.5. The molecule has 0 bridgehead atoms. The minimum Gasteiger partial charge on any atom is -0.457 e. The summed E-state index contributed by atoms with van der Waals surface area (Å²) in [5.41, 5.74) is 1.94. The largest absolute Gasteiger partial charge is 0.457 e. The molecule has 106 valence electrons. The van der Waals surface area contributed by atoms with E-state index in [0.717, 1.165) is 27.9 Å². The first-order valence-electron chi connectivity index (χ1n) is 6.53. The van der Waals surface area contributed by atoms with E-state index in [1.807, 2.05) is 25.1 Å². The zero-order valence-corrected chi connectivity index (χ0v) is 13.1. The van der Waals surface area contributed by atoms with E-state index in [0.29, 0.717) is 12.3 Å². The maximum absolute atomic E-state index is 13.3. The van der Waals surface area contributed by atoms with Crippen molar-refractivity contribution in [2.45, 2.75) is 20.4 Å². The fourth-order valence-electron chi connectivity index (χ4n) is 1.83. The van der Waals surface area contributed by atoms with Gasteiger partial charge in [-0.25, -0.2) is 4.39 Å². The first kappa shape index (κ1) is 15.0. The van der Waals surface area contributed by atoms with E-state index in [2.05, 4.69) is 28.2 Å². The molecule has 1 N–H and O–H groups in total. The van der Waals surface area contributed by atoms with Crippen LogP contribution in [0.3, 0.4) is 0 Å². The second-order valence-electron chi connectivity index (χ2n) is 4.54. The van der Waals surface area contributed by atoms with E-state index in [-0.39, 0.29) is 5.82 Å². The highest BCUT2D eigenvalue weighted by Gasteiger charge is 2.08. The topological polar surface area (TPSA) is 21.3 Å². The minimum absolute atomic E-state index is 0.297. The lowest BCUT2D eigenvalue weighted by atomic mass is 10.2. The van der Waals surface area contributed by atoms with Crippen LogP contribution in [0.5, 0.6) is 11.5 Å². The summed E-state index contributed by atoms with van der Waals surface area (Å²) in [5, 5.41) is 3.27. The number of hydrogen-bond donors (Lipinski definition) is 1. The van der Waals surface area contributed by atoms with Gasteiger partial charge in [-0.15, -0.1) is 0 Å². The van der Waals surface area contributed by atoms with Crippen molar-refractivity contribution in [3.8, 4) is 11.5 Å². The van der Waals surface area contributed by atoms with Gasteiger partial charge in [-0.3, -0.25) is 0 Å². The van der Waals surface area contributed by atoms with Crippen LogP contribution in [-0.2, 0) is 6.54 Å². The van der Waals surface area contributed by atoms with Gasteiger partial charge in [0.15, 0.2) is 0 Å². The Morgan fingerprint density at radius 2 is 1.95 bits per heavy atom. The fraction of sp³-hybridized carbons (Fsp3) is 0.250. The lowest BCUT2D eigenvalue weighted by molar-refractivity contribution is 0.464. The normalized spacial score (nSPS) is 10.6. The Bertz CT molecular complexity index is 601. The molecule has 4 heteroatoms. The van der Waals surface area contributed by atoms with Gasteiger partial charge in [0.1, 0.15) is 17.3 Å². The molecule has 2 aromatic rings. The van der Waals surface area contributed by atoms with Gasteiger partial charge in [-0.2, -0.15) is 0 Å². The number of halogens is 2. The van der Waals surface area contributed by atoms with Gasteiger partial charge in [-0.05, 0) is 37.2 Å². The molecule has 2 rings (SSSR count). The summed E-state index contributed by atoms with van der Waals surface area (Å²) in [6.07, 6.45) is 0. The Morgan fingerprint density at radius 1 is 1.15 bits per heavy atom. The van der Waals surface area contributed by atoms with Crippen LogP contribution in [0.15, 0.2) is 40.9 Å². The quantitative estimate of drug-likeness (QED) is 0.846. The van der Waals surface area contributed by atoms with E-state index in [4.69, 9.17) is 4.74 Å². The van der Waals surface area contributed by atoms with Crippen molar-refractivity contribution in [2.75, 3.05) is 6.54 Å². The van der Waals surface area contributed by atoms with E-state index < -0.39 is 0 Å². The molecule has 0 heterocycles. The standard InChI is InChI=1S/C16H17BrFNO/c1-3-19-10-12-5-6-13(17)8-16(12)20-15-9-14(18)7-4-11(15)2/h4-9,19H,3,10H2,1-2H3. The number of nitrogens with one attached hydrogen (secondary N) is 1. The molecule has 0 unspecified atom stereocenters. The Balaban J connectivity index is 2.31. The molecule has 0 aliphatic carbocycles. The average molecular weight is 338 g/mol. The molecule has 0 fully saturated rings.